The molecule has 1 atom stereocenters. The Morgan fingerprint density at radius 1 is 1.07 bits per heavy atom. The second-order valence-electron chi connectivity index (χ2n) is 6.01. The van der Waals surface area contributed by atoms with Crippen molar-refractivity contribution in [2.45, 2.75) is 13.0 Å². The minimum absolute atomic E-state index is 0.209. The molecule has 1 heterocycles. The van der Waals surface area contributed by atoms with Crippen molar-refractivity contribution in [3.8, 4) is 11.5 Å². The fourth-order valence-corrected chi connectivity index (χ4v) is 3.17. The average molecular weight is 387 g/mol. The Morgan fingerprint density at radius 3 is 2.41 bits per heavy atom. The number of ether oxygens (including phenoxy) is 2. The van der Waals surface area contributed by atoms with Crippen LogP contribution in [-0.2, 0) is 0 Å². The Hall–Kier alpha value is -2.99. The van der Waals surface area contributed by atoms with E-state index >= 15 is 0 Å². The first-order valence-electron chi connectivity index (χ1n) is 8.25. The molecule has 2 aromatic rings. The summed E-state index contributed by atoms with van der Waals surface area (Å²) in [6, 6.07) is 10.8. The third kappa shape index (κ3) is 3.75. The number of hydrogen-bond acceptors (Lipinski definition) is 4. The van der Waals surface area contributed by atoms with Crippen molar-refractivity contribution in [1.82, 2.24) is 10.6 Å². The molecule has 0 aromatic heterocycles. The predicted molar refractivity (Wildman–Crippen MR) is 102 cm³/mol. The Kier molecular flexibility index (Phi) is 5.37. The topological polar surface area (TPSA) is 76.7 Å². The van der Waals surface area contributed by atoms with Gasteiger partial charge in [-0.15, -0.1) is 0 Å². The average Bonchev–Trinajstić information content (AvgIpc) is 2.67. The number of halogens is 1. The summed E-state index contributed by atoms with van der Waals surface area (Å²) in [5.41, 5.74) is 2.05. The zero-order chi connectivity index (χ0) is 19.6. The van der Waals surface area contributed by atoms with Crippen molar-refractivity contribution in [3.05, 3.63) is 69.9 Å². The van der Waals surface area contributed by atoms with E-state index in [0.717, 1.165) is 0 Å². The van der Waals surface area contributed by atoms with Gasteiger partial charge in [0.15, 0.2) is 5.78 Å². The highest BCUT2D eigenvalue weighted by Gasteiger charge is 2.33. The van der Waals surface area contributed by atoms with Gasteiger partial charge in [-0.2, -0.15) is 0 Å². The second kappa shape index (κ2) is 7.72. The highest BCUT2D eigenvalue weighted by Crippen LogP contribution is 2.36. The number of benzene rings is 2. The van der Waals surface area contributed by atoms with Crippen LogP contribution in [0.3, 0.4) is 0 Å². The molecule has 0 spiro atoms. The van der Waals surface area contributed by atoms with Gasteiger partial charge in [-0.1, -0.05) is 11.6 Å². The number of urea groups is 1. The Morgan fingerprint density at radius 2 is 1.78 bits per heavy atom. The molecule has 2 N–H and O–H groups in total. The lowest BCUT2D eigenvalue weighted by atomic mass is 9.89. The maximum atomic E-state index is 13.2. The van der Waals surface area contributed by atoms with Crippen LogP contribution in [-0.4, -0.2) is 26.0 Å². The van der Waals surface area contributed by atoms with Crippen LogP contribution < -0.4 is 20.1 Å². The molecular formula is C20H19ClN2O4. The van der Waals surface area contributed by atoms with Crippen LogP contribution >= 0.6 is 11.6 Å². The van der Waals surface area contributed by atoms with Crippen LogP contribution in [0, 0.1) is 0 Å². The van der Waals surface area contributed by atoms with Crippen LogP contribution in [0.25, 0.3) is 0 Å². The summed E-state index contributed by atoms with van der Waals surface area (Å²) in [5, 5.41) is 6.02. The van der Waals surface area contributed by atoms with Gasteiger partial charge in [0, 0.05) is 33.5 Å². The first-order chi connectivity index (χ1) is 12.9. The number of hydrogen-bond donors (Lipinski definition) is 2. The number of allylic oxidation sites excluding steroid dienone is 1. The smallest absolute Gasteiger partial charge is 0.319 e. The second-order valence-corrected chi connectivity index (χ2v) is 6.45. The van der Waals surface area contributed by atoms with Crippen molar-refractivity contribution in [1.29, 1.82) is 0 Å². The van der Waals surface area contributed by atoms with Gasteiger partial charge >= 0.3 is 6.03 Å². The van der Waals surface area contributed by atoms with Gasteiger partial charge in [-0.3, -0.25) is 4.79 Å². The monoisotopic (exact) mass is 386 g/mol. The molecule has 0 saturated carbocycles. The molecule has 0 fully saturated rings. The molecule has 0 bridgehead atoms. The zero-order valence-corrected chi connectivity index (χ0v) is 15.9. The summed E-state index contributed by atoms with van der Waals surface area (Å²) >= 11 is 5.92. The lowest BCUT2D eigenvalue weighted by Gasteiger charge is -2.29. The quantitative estimate of drug-likeness (QED) is 0.765. The van der Waals surface area contributed by atoms with Crippen LogP contribution in [0.4, 0.5) is 4.79 Å². The third-order valence-electron chi connectivity index (χ3n) is 4.37. The van der Waals surface area contributed by atoms with Crippen LogP contribution in [0.15, 0.2) is 53.7 Å². The highest BCUT2D eigenvalue weighted by molar-refractivity contribution is 6.30. The summed E-state index contributed by atoms with van der Waals surface area (Å²) in [4.78, 5) is 25.3. The van der Waals surface area contributed by atoms with E-state index in [1.165, 1.54) is 7.11 Å². The van der Waals surface area contributed by atoms with E-state index in [1.54, 1.807) is 56.5 Å². The van der Waals surface area contributed by atoms with Crippen molar-refractivity contribution in [2.75, 3.05) is 14.2 Å². The van der Waals surface area contributed by atoms with Crippen molar-refractivity contribution < 1.29 is 19.1 Å². The van der Waals surface area contributed by atoms with Crippen LogP contribution in [0.5, 0.6) is 11.5 Å². The molecule has 1 unspecified atom stereocenters. The van der Waals surface area contributed by atoms with Crippen LogP contribution in [0.2, 0.25) is 5.02 Å². The van der Waals surface area contributed by atoms with E-state index in [-0.39, 0.29) is 11.8 Å². The number of methoxy groups -OCH3 is 2. The lowest BCUT2D eigenvalue weighted by molar-refractivity contribution is 0.102. The summed E-state index contributed by atoms with van der Waals surface area (Å²) in [5.74, 6) is 0.914. The van der Waals surface area contributed by atoms with E-state index in [0.29, 0.717) is 38.9 Å². The molecule has 0 saturated heterocycles. The Labute approximate surface area is 162 Å². The summed E-state index contributed by atoms with van der Waals surface area (Å²) in [6.07, 6.45) is 0. The van der Waals surface area contributed by atoms with E-state index in [4.69, 9.17) is 21.1 Å². The normalized spacial score (nSPS) is 16.4. The van der Waals surface area contributed by atoms with E-state index < -0.39 is 6.04 Å². The largest absolute Gasteiger partial charge is 0.497 e. The first-order valence-corrected chi connectivity index (χ1v) is 8.63. The maximum absolute atomic E-state index is 13.2. The minimum atomic E-state index is -0.664. The van der Waals surface area contributed by atoms with E-state index in [2.05, 4.69) is 10.6 Å². The maximum Gasteiger partial charge on any atom is 0.319 e. The Bertz CT molecular complexity index is 922. The number of nitrogens with one attached hydrogen (secondary N) is 2. The van der Waals surface area contributed by atoms with Gasteiger partial charge in [-0.05, 0) is 43.3 Å². The van der Waals surface area contributed by atoms with E-state index in [1.807, 2.05) is 0 Å². The van der Waals surface area contributed by atoms with Gasteiger partial charge in [0.25, 0.3) is 0 Å². The predicted octanol–water partition coefficient (Wildman–Crippen LogP) is 3.87. The molecular weight excluding hydrogens is 368 g/mol. The van der Waals surface area contributed by atoms with Crippen molar-refractivity contribution >= 4 is 23.4 Å². The zero-order valence-electron chi connectivity index (χ0n) is 15.1. The van der Waals surface area contributed by atoms with Crippen LogP contribution in [0.1, 0.15) is 28.9 Å². The molecule has 2 aromatic carbocycles. The molecule has 1 aliphatic rings. The highest BCUT2D eigenvalue weighted by atomic mass is 35.5. The first kappa shape index (κ1) is 18.8. The number of amides is 2. The molecule has 0 aliphatic carbocycles. The summed E-state index contributed by atoms with van der Waals surface area (Å²) < 4.78 is 10.7. The van der Waals surface area contributed by atoms with Crippen molar-refractivity contribution in [2.24, 2.45) is 0 Å². The molecule has 2 amide bonds. The minimum Gasteiger partial charge on any atom is -0.497 e. The molecule has 0 radical (unpaired) electrons. The third-order valence-corrected chi connectivity index (χ3v) is 4.62. The fraction of sp³-hybridized carbons (Fsp3) is 0.200. The fourth-order valence-electron chi connectivity index (χ4n) is 3.04. The van der Waals surface area contributed by atoms with Crippen molar-refractivity contribution in [3.63, 3.8) is 0 Å². The number of rotatable bonds is 5. The SMILES string of the molecule is COc1ccc(C2NC(=O)NC(C)=C2C(=O)c2ccc(Cl)cc2)c(OC)c1. The van der Waals surface area contributed by atoms with Gasteiger partial charge in [-0.25, -0.2) is 4.79 Å². The summed E-state index contributed by atoms with van der Waals surface area (Å²) in [7, 11) is 3.08. The number of ketones is 1. The number of carbonyl (C=O) groups is 2. The molecule has 6 nitrogen and oxygen atoms in total. The molecule has 27 heavy (non-hydrogen) atoms. The standard InChI is InChI=1S/C20H19ClN2O4/c1-11-17(19(24)12-4-6-13(21)7-5-12)18(23-20(25)22-11)15-9-8-14(26-2)10-16(15)27-3/h4-10,18H,1-3H3,(H2,22,23,25). The van der Waals surface area contributed by atoms with Gasteiger partial charge in [0.2, 0.25) is 0 Å². The molecule has 7 heteroatoms. The Balaban J connectivity index is 2.10. The number of carbonyl (C=O) groups excluding carboxylic acids is 2. The molecule has 3 rings (SSSR count). The van der Waals surface area contributed by atoms with Gasteiger partial charge in [0.05, 0.1) is 20.3 Å². The van der Waals surface area contributed by atoms with E-state index in [9.17, 15) is 9.59 Å². The molecule has 140 valence electrons. The van der Waals surface area contributed by atoms with Gasteiger partial charge in [0.1, 0.15) is 11.5 Å². The molecule has 1 aliphatic heterocycles. The number of Topliss-reactive ketones (excluding diaryl/α,β-unsaturated/α-hetero) is 1. The lowest BCUT2D eigenvalue weighted by Crippen LogP contribution is -2.45. The van der Waals surface area contributed by atoms with Gasteiger partial charge < -0.3 is 20.1 Å². The summed E-state index contributed by atoms with van der Waals surface area (Å²) in [6.45, 7) is 1.70.